The number of likely N-dealkylation sites (tertiary alicyclic amines) is 1. The first-order valence-corrected chi connectivity index (χ1v) is 9.01. The molecule has 0 saturated carbocycles. The number of carbonyl (C=O) groups is 1. The van der Waals surface area contributed by atoms with E-state index in [4.69, 9.17) is 16.3 Å². The number of ether oxygens (including phenoxy) is 1. The summed E-state index contributed by atoms with van der Waals surface area (Å²) in [5.41, 5.74) is 1.52. The SMILES string of the molecule is O=C(Nc1cccc(-n2ccnn2)c1)N1CC[C@H](Oc2ccccc2Cl)C1. The fourth-order valence-electron chi connectivity index (χ4n) is 3.00. The number of rotatable bonds is 4. The lowest BCUT2D eigenvalue weighted by Gasteiger charge is -2.18. The van der Waals surface area contributed by atoms with Gasteiger partial charge in [0.05, 0.1) is 29.6 Å². The lowest BCUT2D eigenvalue weighted by Crippen LogP contribution is -2.34. The summed E-state index contributed by atoms with van der Waals surface area (Å²) in [5.74, 6) is 0.645. The number of carbonyl (C=O) groups excluding carboxylic acids is 1. The molecule has 4 rings (SSSR count). The van der Waals surface area contributed by atoms with Crippen molar-refractivity contribution in [3.05, 3.63) is 65.9 Å². The van der Waals surface area contributed by atoms with Crippen LogP contribution in [0.4, 0.5) is 10.5 Å². The number of benzene rings is 2. The van der Waals surface area contributed by atoms with Crippen molar-refractivity contribution in [3.63, 3.8) is 0 Å². The van der Waals surface area contributed by atoms with Crippen molar-refractivity contribution in [2.45, 2.75) is 12.5 Å². The molecule has 2 amide bonds. The summed E-state index contributed by atoms with van der Waals surface area (Å²) < 4.78 is 7.57. The lowest BCUT2D eigenvalue weighted by atomic mass is 10.3. The summed E-state index contributed by atoms with van der Waals surface area (Å²) in [6, 6.07) is 14.6. The Labute approximate surface area is 161 Å². The van der Waals surface area contributed by atoms with Gasteiger partial charge in [0, 0.05) is 18.7 Å². The second kappa shape index (κ2) is 7.67. The van der Waals surface area contributed by atoms with E-state index in [1.807, 2.05) is 42.5 Å². The van der Waals surface area contributed by atoms with Crippen molar-refractivity contribution in [1.29, 1.82) is 0 Å². The van der Waals surface area contributed by atoms with Gasteiger partial charge < -0.3 is 15.0 Å². The van der Waals surface area contributed by atoms with Gasteiger partial charge in [-0.1, -0.05) is 35.0 Å². The molecule has 0 unspecified atom stereocenters. The fourth-order valence-corrected chi connectivity index (χ4v) is 3.18. The summed E-state index contributed by atoms with van der Waals surface area (Å²) >= 11 is 6.14. The van der Waals surface area contributed by atoms with Crippen molar-refractivity contribution < 1.29 is 9.53 Å². The topological polar surface area (TPSA) is 72.3 Å². The Balaban J connectivity index is 1.37. The maximum absolute atomic E-state index is 12.6. The van der Waals surface area contributed by atoms with Crippen molar-refractivity contribution in [2.24, 2.45) is 0 Å². The van der Waals surface area contributed by atoms with E-state index in [0.717, 1.165) is 12.1 Å². The number of nitrogens with zero attached hydrogens (tertiary/aromatic N) is 4. The van der Waals surface area contributed by atoms with E-state index in [2.05, 4.69) is 15.6 Å². The largest absolute Gasteiger partial charge is 0.487 e. The number of anilines is 1. The number of para-hydroxylation sites is 1. The van der Waals surface area contributed by atoms with Gasteiger partial charge in [0.25, 0.3) is 0 Å². The van der Waals surface area contributed by atoms with Crippen molar-refractivity contribution >= 4 is 23.3 Å². The average Bonchev–Trinajstić information content (AvgIpc) is 3.36. The molecule has 0 bridgehead atoms. The summed E-state index contributed by atoms with van der Waals surface area (Å²) in [6.07, 6.45) is 4.04. The third-order valence-corrected chi connectivity index (χ3v) is 4.66. The van der Waals surface area contributed by atoms with Gasteiger partial charge in [0.15, 0.2) is 0 Å². The van der Waals surface area contributed by atoms with E-state index in [0.29, 0.717) is 29.5 Å². The molecule has 1 N–H and O–H groups in total. The molecule has 27 heavy (non-hydrogen) atoms. The van der Waals surface area contributed by atoms with Gasteiger partial charge in [-0.15, -0.1) is 5.10 Å². The number of urea groups is 1. The van der Waals surface area contributed by atoms with Crippen LogP contribution in [0.3, 0.4) is 0 Å². The molecule has 2 aromatic carbocycles. The van der Waals surface area contributed by atoms with Crippen LogP contribution in [0.1, 0.15) is 6.42 Å². The lowest BCUT2D eigenvalue weighted by molar-refractivity contribution is 0.195. The van der Waals surface area contributed by atoms with Crippen LogP contribution in [0, 0.1) is 0 Å². The highest BCUT2D eigenvalue weighted by Gasteiger charge is 2.28. The molecule has 138 valence electrons. The molecule has 1 fully saturated rings. The average molecular weight is 384 g/mol. The highest BCUT2D eigenvalue weighted by atomic mass is 35.5. The second-order valence-electron chi connectivity index (χ2n) is 6.23. The Hall–Kier alpha value is -3.06. The normalized spacial score (nSPS) is 16.3. The van der Waals surface area contributed by atoms with Gasteiger partial charge in [-0.05, 0) is 30.3 Å². The van der Waals surface area contributed by atoms with Crippen LogP contribution in [0.15, 0.2) is 60.9 Å². The van der Waals surface area contributed by atoms with E-state index < -0.39 is 0 Å². The van der Waals surface area contributed by atoms with Crippen LogP contribution in [-0.4, -0.2) is 45.1 Å². The fraction of sp³-hybridized carbons (Fsp3) is 0.211. The minimum absolute atomic E-state index is 0.0721. The molecular weight excluding hydrogens is 366 g/mol. The van der Waals surface area contributed by atoms with E-state index in [1.165, 1.54) is 0 Å². The van der Waals surface area contributed by atoms with Gasteiger partial charge >= 0.3 is 6.03 Å². The van der Waals surface area contributed by atoms with Crippen LogP contribution in [0.25, 0.3) is 5.69 Å². The first-order chi connectivity index (χ1) is 13.2. The van der Waals surface area contributed by atoms with Crippen LogP contribution in [-0.2, 0) is 0 Å². The molecule has 2 heterocycles. The molecule has 3 aromatic rings. The minimum Gasteiger partial charge on any atom is -0.487 e. The molecule has 7 nitrogen and oxygen atoms in total. The summed E-state index contributed by atoms with van der Waals surface area (Å²) in [6.45, 7) is 1.14. The van der Waals surface area contributed by atoms with Gasteiger partial charge in [0.1, 0.15) is 11.9 Å². The van der Waals surface area contributed by atoms with Crippen LogP contribution in [0.2, 0.25) is 5.02 Å². The minimum atomic E-state index is -0.156. The van der Waals surface area contributed by atoms with Crippen molar-refractivity contribution in [1.82, 2.24) is 19.9 Å². The van der Waals surface area contributed by atoms with Crippen LogP contribution in [0.5, 0.6) is 5.75 Å². The predicted octanol–water partition coefficient (Wildman–Crippen LogP) is 3.61. The zero-order valence-electron chi connectivity index (χ0n) is 14.5. The number of hydrogen-bond acceptors (Lipinski definition) is 4. The highest BCUT2D eigenvalue weighted by Crippen LogP contribution is 2.26. The Bertz CT molecular complexity index is 931. The van der Waals surface area contributed by atoms with Crippen molar-refractivity contribution in [2.75, 3.05) is 18.4 Å². The zero-order valence-corrected chi connectivity index (χ0v) is 15.2. The Morgan fingerprint density at radius 2 is 2.11 bits per heavy atom. The molecule has 0 radical (unpaired) electrons. The van der Waals surface area contributed by atoms with E-state index in [1.54, 1.807) is 28.0 Å². The smallest absolute Gasteiger partial charge is 0.321 e. The molecule has 1 aliphatic rings. The first kappa shape index (κ1) is 17.4. The summed E-state index contributed by atoms with van der Waals surface area (Å²) in [5, 5.41) is 11.3. The van der Waals surface area contributed by atoms with Crippen LogP contribution < -0.4 is 10.1 Å². The maximum Gasteiger partial charge on any atom is 0.321 e. The second-order valence-corrected chi connectivity index (χ2v) is 6.64. The zero-order chi connectivity index (χ0) is 18.6. The molecule has 8 heteroatoms. The standard InChI is InChI=1S/C19H18ClN5O2/c20-17-6-1-2-7-18(17)27-16-8-10-24(13-16)19(26)22-14-4-3-5-15(12-14)25-11-9-21-23-25/h1-7,9,11-12,16H,8,10,13H2,(H,22,26)/t16-/m0/s1. The van der Waals surface area contributed by atoms with Crippen molar-refractivity contribution in [3.8, 4) is 11.4 Å². The third-order valence-electron chi connectivity index (χ3n) is 4.35. The number of halogens is 1. The number of hydrogen-bond donors (Lipinski definition) is 1. The van der Waals surface area contributed by atoms with Gasteiger partial charge in [-0.25, -0.2) is 9.48 Å². The monoisotopic (exact) mass is 383 g/mol. The third kappa shape index (κ3) is 4.03. The molecule has 0 spiro atoms. The van der Waals surface area contributed by atoms with Gasteiger partial charge in [-0.2, -0.15) is 0 Å². The Morgan fingerprint density at radius 1 is 1.22 bits per heavy atom. The van der Waals surface area contributed by atoms with E-state index in [-0.39, 0.29) is 12.1 Å². The van der Waals surface area contributed by atoms with E-state index in [9.17, 15) is 4.79 Å². The number of aromatic nitrogens is 3. The molecule has 0 aliphatic carbocycles. The highest BCUT2D eigenvalue weighted by molar-refractivity contribution is 6.32. The van der Waals surface area contributed by atoms with Crippen LogP contribution >= 0.6 is 11.6 Å². The molecular formula is C19H18ClN5O2. The predicted molar refractivity (Wildman–Crippen MR) is 102 cm³/mol. The quantitative estimate of drug-likeness (QED) is 0.747. The Morgan fingerprint density at radius 3 is 2.93 bits per heavy atom. The summed E-state index contributed by atoms with van der Waals surface area (Å²) in [7, 11) is 0. The van der Waals surface area contributed by atoms with E-state index >= 15 is 0 Å². The first-order valence-electron chi connectivity index (χ1n) is 8.63. The number of amides is 2. The molecule has 1 aliphatic heterocycles. The molecule has 1 atom stereocenters. The molecule has 1 aromatic heterocycles. The maximum atomic E-state index is 12.6. The Kier molecular flexibility index (Phi) is 4.93. The number of nitrogens with one attached hydrogen (secondary N) is 1. The molecule has 1 saturated heterocycles. The van der Waals surface area contributed by atoms with Gasteiger partial charge in [0.2, 0.25) is 0 Å². The summed E-state index contributed by atoms with van der Waals surface area (Å²) in [4.78, 5) is 14.3. The van der Waals surface area contributed by atoms with Gasteiger partial charge in [-0.3, -0.25) is 0 Å².